The SMILES string of the molecule is CC#CCCC(O)/C=C/[C@H]1[C@@H]2CC(CCCCC(=O)OC)=C(S(=O)(=O)c3ccccc3)[C@H]2C[C@H]1O. The molecular formula is C28H36O6S. The summed E-state index contributed by atoms with van der Waals surface area (Å²) in [5.74, 6) is 4.96. The van der Waals surface area contributed by atoms with Crippen LogP contribution < -0.4 is 0 Å². The molecule has 7 heteroatoms. The highest BCUT2D eigenvalue weighted by Crippen LogP contribution is 2.54. The lowest BCUT2D eigenvalue weighted by Gasteiger charge is -2.18. The Kier molecular flexibility index (Phi) is 9.73. The molecule has 1 unspecified atom stereocenters. The summed E-state index contributed by atoms with van der Waals surface area (Å²) >= 11 is 0. The predicted molar refractivity (Wildman–Crippen MR) is 135 cm³/mol. The van der Waals surface area contributed by atoms with E-state index in [9.17, 15) is 23.4 Å². The molecule has 0 aliphatic heterocycles. The van der Waals surface area contributed by atoms with Crippen LogP contribution in [0.2, 0.25) is 0 Å². The average molecular weight is 501 g/mol. The van der Waals surface area contributed by atoms with Crippen molar-refractivity contribution in [3.05, 3.63) is 53.0 Å². The molecule has 0 bridgehead atoms. The molecule has 0 heterocycles. The Bertz CT molecular complexity index is 1090. The van der Waals surface area contributed by atoms with Crippen molar-refractivity contribution in [1.29, 1.82) is 0 Å². The van der Waals surface area contributed by atoms with E-state index >= 15 is 0 Å². The lowest BCUT2D eigenvalue weighted by atomic mass is 9.88. The van der Waals surface area contributed by atoms with Gasteiger partial charge in [0.25, 0.3) is 0 Å². The molecule has 2 aliphatic rings. The highest BCUT2D eigenvalue weighted by Gasteiger charge is 2.50. The zero-order chi connectivity index (χ0) is 25.4. The van der Waals surface area contributed by atoms with E-state index in [0.717, 1.165) is 5.57 Å². The monoisotopic (exact) mass is 500 g/mol. The van der Waals surface area contributed by atoms with Gasteiger partial charge in [-0.05, 0) is 63.5 Å². The highest BCUT2D eigenvalue weighted by atomic mass is 32.2. The molecule has 3 rings (SSSR count). The Balaban J connectivity index is 1.83. The number of rotatable bonds is 11. The number of methoxy groups -OCH3 is 1. The van der Waals surface area contributed by atoms with Gasteiger partial charge in [0.15, 0.2) is 0 Å². The molecule has 0 aromatic heterocycles. The van der Waals surface area contributed by atoms with Gasteiger partial charge in [-0.25, -0.2) is 8.42 Å². The summed E-state index contributed by atoms with van der Waals surface area (Å²) < 4.78 is 32.1. The Morgan fingerprint density at radius 3 is 2.69 bits per heavy atom. The second-order valence-electron chi connectivity index (χ2n) is 9.34. The maximum Gasteiger partial charge on any atom is 0.305 e. The molecule has 1 aromatic rings. The number of carbonyl (C=O) groups is 1. The van der Waals surface area contributed by atoms with Crippen LogP contribution in [0.5, 0.6) is 0 Å². The molecule has 2 N–H and O–H groups in total. The van der Waals surface area contributed by atoms with Crippen molar-refractivity contribution >= 4 is 15.8 Å². The number of fused-ring (bicyclic) bond motifs is 1. The number of sulfone groups is 1. The van der Waals surface area contributed by atoms with E-state index < -0.39 is 22.0 Å². The number of ether oxygens (including phenoxy) is 1. The fourth-order valence-electron chi connectivity index (χ4n) is 5.39. The molecule has 0 radical (unpaired) electrons. The van der Waals surface area contributed by atoms with Gasteiger partial charge in [-0.15, -0.1) is 11.8 Å². The van der Waals surface area contributed by atoms with E-state index in [1.807, 2.05) is 6.08 Å². The van der Waals surface area contributed by atoms with Crippen LogP contribution in [0.25, 0.3) is 0 Å². The summed E-state index contributed by atoms with van der Waals surface area (Å²) in [5.41, 5.74) is 0.901. The lowest BCUT2D eigenvalue weighted by molar-refractivity contribution is -0.140. The molecule has 0 saturated heterocycles. The van der Waals surface area contributed by atoms with E-state index in [1.54, 1.807) is 43.3 Å². The smallest absolute Gasteiger partial charge is 0.305 e. The number of hydrogen-bond acceptors (Lipinski definition) is 6. The molecular weight excluding hydrogens is 464 g/mol. The summed E-state index contributed by atoms with van der Waals surface area (Å²) in [7, 11) is -2.34. The third-order valence-electron chi connectivity index (χ3n) is 7.10. The minimum Gasteiger partial charge on any atom is -0.469 e. The van der Waals surface area contributed by atoms with E-state index in [0.29, 0.717) is 56.3 Å². The van der Waals surface area contributed by atoms with Gasteiger partial charge in [-0.1, -0.05) is 35.9 Å². The number of allylic oxidation sites excluding steroid dienone is 2. The molecule has 1 fully saturated rings. The first-order valence-electron chi connectivity index (χ1n) is 12.3. The van der Waals surface area contributed by atoms with Crippen molar-refractivity contribution in [3.63, 3.8) is 0 Å². The summed E-state index contributed by atoms with van der Waals surface area (Å²) in [6.45, 7) is 1.76. The van der Waals surface area contributed by atoms with Crippen LogP contribution in [0, 0.1) is 29.6 Å². The van der Waals surface area contributed by atoms with Gasteiger partial charge in [-0.2, -0.15) is 0 Å². The Labute approximate surface area is 209 Å². The van der Waals surface area contributed by atoms with Crippen molar-refractivity contribution in [2.75, 3.05) is 7.11 Å². The molecule has 0 amide bonds. The first kappa shape index (κ1) is 27.2. The van der Waals surface area contributed by atoms with Gasteiger partial charge in [0.2, 0.25) is 9.84 Å². The maximum absolute atomic E-state index is 13.7. The van der Waals surface area contributed by atoms with Crippen molar-refractivity contribution in [1.82, 2.24) is 0 Å². The molecule has 1 aromatic carbocycles. The summed E-state index contributed by atoms with van der Waals surface area (Å²) in [6.07, 6.45) is 6.58. The molecule has 35 heavy (non-hydrogen) atoms. The van der Waals surface area contributed by atoms with Crippen molar-refractivity contribution < 1.29 is 28.2 Å². The molecule has 0 spiro atoms. The fraction of sp³-hybridized carbons (Fsp3) is 0.536. The highest BCUT2D eigenvalue weighted by molar-refractivity contribution is 7.95. The Morgan fingerprint density at radius 2 is 2.00 bits per heavy atom. The van der Waals surface area contributed by atoms with Gasteiger partial charge in [0.05, 0.1) is 29.1 Å². The molecule has 190 valence electrons. The quantitative estimate of drug-likeness (QED) is 0.205. The van der Waals surface area contributed by atoms with Crippen molar-refractivity contribution in [2.45, 2.75) is 75.4 Å². The third-order valence-corrected chi connectivity index (χ3v) is 9.16. The molecule has 2 aliphatic carbocycles. The minimum absolute atomic E-state index is 0.0343. The predicted octanol–water partition coefficient (Wildman–Crippen LogP) is 4.19. The summed E-state index contributed by atoms with van der Waals surface area (Å²) in [5, 5.41) is 21.1. The minimum atomic E-state index is -3.71. The number of aliphatic hydroxyl groups excluding tert-OH is 2. The van der Waals surface area contributed by atoms with Gasteiger partial charge < -0.3 is 14.9 Å². The second kappa shape index (κ2) is 12.5. The average Bonchev–Trinajstić information content (AvgIpc) is 3.35. The zero-order valence-corrected chi connectivity index (χ0v) is 21.3. The number of aliphatic hydroxyl groups is 2. The van der Waals surface area contributed by atoms with Crippen LogP contribution in [0.3, 0.4) is 0 Å². The molecule has 5 atom stereocenters. The topological polar surface area (TPSA) is 101 Å². The largest absolute Gasteiger partial charge is 0.469 e. The maximum atomic E-state index is 13.7. The lowest BCUT2D eigenvalue weighted by Crippen LogP contribution is -2.18. The van der Waals surface area contributed by atoms with Crippen molar-refractivity contribution in [3.8, 4) is 11.8 Å². The Morgan fingerprint density at radius 1 is 1.26 bits per heavy atom. The third kappa shape index (κ3) is 6.63. The number of unbranched alkanes of at least 4 members (excludes halogenated alkanes) is 1. The fourth-order valence-corrected chi connectivity index (χ4v) is 7.40. The second-order valence-corrected chi connectivity index (χ2v) is 11.3. The summed E-state index contributed by atoms with van der Waals surface area (Å²) in [6, 6.07) is 8.45. The van der Waals surface area contributed by atoms with Crippen LogP contribution in [-0.2, 0) is 19.4 Å². The number of esters is 1. The van der Waals surface area contributed by atoms with E-state index in [2.05, 4.69) is 11.8 Å². The number of carbonyl (C=O) groups excluding carboxylic acids is 1. The standard InChI is InChI=1S/C28H36O6S/c1-3-4-6-12-21(29)16-17-23-24-18-20(11-9-10-15-27(31)34-2)28(25(24)19-26(23)30)35(32,33)22-13-7-5-8-14-22/h5,7-8,13-14,16-17,21,23-26,29-30H,6,9-12,15,18-19H2,1-2H3/b17-16+/t21?,23-,24-,25-,26+/m0/s1. The first-order chi connectivity index (χ1) is 16.8. The van der Waals surface area contributed by atoms with Crippen LogP contribution in [0.15, 0.2) is 57.9 Å². The molecule has 1 saturated carbocycles. The van der Waals surface area contributed by atoms with Gasteiger partial charge in [-0.3, -0.25) is 4.79 Å². The van der Waals surface area contributed by atoms with E-state index in [1.165, 1.54) is 7.11 Å². The van der Waals surface area contributed by atoms with Gasteiger partial charge in [0.1, 0.15) is 0 Å². The first-order valence-corrected chi connectivity index (χ1v) is 13.8. The summed E-state index contributed by atoms with van der Waals surface area (Å²) in [4.78, 5) is 12.2. The zero-order valence-electron chi connectivity index (χ0n) is 20.5. The number of hydrogen-bond donors (Lipinski definition) is 2. The normalized spacial score (nSPS) is 24.8. The Hall–Kier alpha value is -2.40. The van der Waals surface area contributed by atoms with E-state index in [4.69, 9.17) is 4.74 Å². The molecule has 6 nitrogen and oxygen atoms in total. The van der Waals surface area contributed by atoms with Gasteiger partial charge >= 0.3 is 5.97 Å². The van der Waals surface area contributed by atoms with Crippen LogP contribution in [-0.4, -0.2) is 43.9 Å². The number of benzene rings is 1. The van der Waals surface area contributed by atoms with Crippen molar-refractivity contribution in [2.24, 2.45) is 17.8 Å². The van der Waals surface area contributed by atoms with Crippen LogP contribution >= 0.6 is 0 Å². The van der Waals surface area contributed by atoms with Crippen LogP contribution in [0.4, 0.5) is 0 Å². The van der Waals surface area contributed by atoms with E-state index in [-0.39, 0.29) is 28.6 Å². The van der Waals surface area contributed by atoms with Gasteiger partial charge in [0, 0.05) is 24.7 Å². The van der Waals surface area contributed by atoms with Crippen LogP contribution in [0.1, 0.15) is 58.3 Å².